The summed E-state index contributed by atoms with van der Waals surface area (Å²) in [5.41, 5.74) is 2.55. The number of unbranched alkanes of at least 4 members (excludes halogenated alkanes) is 5. The molecule has 0 aliphatic carbocycles. The van der Waals surface area contributed by atoms with Crippen molar-refractivity contribution < 1.29 is 4.79 Å². The lowest BCUT2D eigenvalue weighted by molar-refractivity contribution is -0.121. The third-order valence-corrected chi connectivity index (χ3v) is 7.69. The number of carbonyl (C=O) groups is 1. The van der Waals surface area contributed by atoms with E-state index >= 15 is 0 Å². The van der Waals surface area contributed by atoms with Crippen LogP contribution in [0.4, 0.5) is 5.69 Å². The number of carbonyl (C=O) groups excluding carboxylic acids is 1. The number of amides is 1. The summed E-state index contributed by atoms with van der Waals surface area (Å²) >= 11 is 8.50. The van der Waals surface area contributed by atoms with E-state index in [1.807, 2.05) is 6.08 Å². The number of thioether (sulfide) groups is 2. The van der Waals surface area contributed by atoms with Gasteiger partial charge in [-0.25, -0.2) is 0 Å². The SMILES string of the molecule is C=CCN1C(=O)C(=CC=C2Sc3cc(C)ccc3N2CCCCCCCC)SC1=S. The van der Waals surface area contributed by atoms with Gasteiger partial charge in [-0.2, -0.15) is 0 Å². The number of benzene rings is 1. The van der Waals surface area contributed by atoms with Crippen molar-refractivity contribution in [3.8, 4) is 0 Å². The van der Waals surface area contributed by atoms with E-state index in [2.05, 4.69) is 49.6 Å². The summed E-state index contributed by atoms with van der Waals surface area (Å²) in [6, 6.07) is 6.65. The number of nitrogens with zero attached hydrogens (tertiary/aromatic N) is 2. The van der Waals surface area contributed by atoms with Crippen LogP contribution in [0.1, 0.15) is 51.0 Å². The molecule has 0 spiro atoms. The van der Waals surface area contributed by atoms with Crippen LogP contribution in [0.5, 0.6) is 0 Å². The van der Waals surface area contributed by atoms with Gasteiger partial charge in [0.05, 0.1) is 15.6 Å². The van der Waals surface area contributed by atoms with E-state index in [4.69, 9.17) is 12.2 Å². The summed E-state index contributed by atoms with van der Waals surface area (Å²) in [6.07, 6.45) is 13.4. The minimum atomic E-state index is -0.0272. The van der Waals surface area contributed by atoms with E-state index in [1.165, 1.54) is 71.5 Å². The highest BCUT2D eigenvalue weighted by molar-refractivity contribution is 8.26. The fourth-order valence-corrected chi connectivity index (χ4v) is 5.97. The van der Waals surface area contributed by atoms with Gasteiger partial charge in [-0.3, -0.25) is 9.69 Å². The smallest absolute Gasteiger partial charge is 0.266 e. The number of anilines is 1. The normalized spacial score (nSPS) is 18.7. The number of hydrogen-bond donors (Lipinski definition) is 0. The topological polar surface area (TPSA) is 23.6 Å². The first kappa shape index (κ1) is 23.2. The largest absolute Gasteiger partial charge is 0.335 e. The Kier molecular flexibility index (Phi) is 8.66. The van der Waals surface area contributed by atoms with Crippen LogP contribution < -0.4 is 4.90 Å². The summed E-state index contributed by atoms with van der Waals surface area (Å²) in [4.78, 5) is 18.6. The molecule has 0 N–H and O–H groups in total. The zero-order chi connectivity index (χ0) is 21.5. The van der Waals surface area contributed by atoms with Crippen molar-refractivity contribution in [2.75, 3.05) is 18.0 Å². The molecule has 1 amide bonds. The Labute approximate surface area is 194 Å². The maximum Gasteiger partial charge on any atom is 0.266 e. The number of aryl methyl sites for hydroxylation is 1. The minimum absolute atomic E-state index is 0.0272. The molecule has 3 rings (SSSR count). The molecule has 1 fully saturated rings. The number of hydrogen-bond acceptors (Lipinski definition) is 5. The number of allylic oxidation sites excluding steroid dienone is 2. The Morgan fingerprint density at radius 1 is 1.07 bits per heavy atom. The van der Waals surface area contributed by atoms with Gasteiger partial charge in [0.25, 0.3) is 5.91 Å². The first-order valence-corrected chi connectivity index (χ1v) is 12.7. The molecular weight excluding hydrogens is 428 g/mol. The third-order valence-electron chi connectivity index (χ3n) is 5.18. The van der Waals surface area contributed by atoms with E-state index in [9.17, 15) is 4.79 Å². The van der Waals surface area contributed by atoms with Gasteiger partial charge in [0.15, 0.2) is 0 Å². The number of thiocarbonyl (C=S) groups is 1. The van der Waals surface area contributed by atoms with Gasteiger partial charge in [-0.05, 0) is 43.2 Å². The van der Waals surface area contributed by atoms with Crippen LogP contribution >= 0.6 is 35.7 Å². The molecule has 0 aromatic heterocycles. The van der Waals surface area contributed by atoms with Crippen LogP contribution in [0.3, 0.4) is 0 Å². The minimum Gasteiger partial charge on any atom is -0.335 e. The number of fused-ring (bicyclic) bond motifs is 1. The fraction of sp³-hybridized carbons (Fsp3) is 0.417. The second kappa shape index (κ2) is 11.2. The molecule has 1 aromatic carbocycles. The van der Waals surface area contributed by atoms with Crippen molar-refractivity contribution in [1.29, 1.82) is 0 Å². The molecule has 3 nitrogen and oxygen atoms in total. The molecular formula is C24H30N2OS3. The lowest BCUT2D eigenvalue weighted by Crippen LogP contribution is -2.27. The van der Waals surface area contributed by atoms with E-state index in [0.29, 0.717) is 15.8 Å². The lowest BCUT2D eigenvalue weighted by Gasteiger charge is -2.20. The molecule has 0 saturated carbocycles. The van der Waals surface area contributed by atoms with Crippen LogP contribution in [0.15, 0.2) is 57.8 Å². The van der Waals surface area contributed by atoms with Crippen molar-refractivity contribution in [2.24, 2.45) is 0 Å². The van der Waals surface area contributed by atoms with E-state index in [0.717, 1.165) is 6.54 Å². The molecule has 2 aliphatic rings. The second-order valence-corrected chi connectivity index (χ2v) is 10.3. The molecule has 160 valence electrons. The molecule has 0 bridgehead atoms. The van der Waals surface area contributed by atoms with Gasteiger partial charge in [0, 0.05) is 18.0 Å². The van der Waals surface area contributed by atoms with Gasteiger partial charge >= 0.3 is 0 Å². The third kappa shape index (κ3) is 5.59. The molecule has 0 radical (unpaired) electrons. The molecule has 30 heavy (non-hydrogen) atoms. The van der Waals surface area contributed by atoms with Crippen molar-refractivity contribution in [3.05, 3.63) is 58.5 Å². The summed E-state index contributed by atoms with van der Waals surface area (Å²) < 4.78 is 0.603. The maximum atomic E-state index is 12.6. The standard InChI is InChI=1S/C24H30N2OS3/c1-4-6-7-8-9-10-16-25-19-12-11-18(3)17-21(19)29-22(25)14-13-20-23(27)26(15-5-2)24(28)30-20/h5,11-14,17H,2,4,6-10,15-16H2,1,3H3. The van der Waals surface area contributed by atoms with E-state index < -0.39 is 0 Å². The Morgan fingerprint density at radius 2 is 1.83 bits per heavy atom. The van der Waals surface area contributed by atoms with Crippen molar-refractivity contribution in [1.82, 2.24) is 4.90 Å². The van der Waals surface area contributed by atoms with Crippen molar-refractivity contribution >= 4 is 51.7 Å². The quantitative estimate of drug-likeness (QED) is 0.162. The summed E-state index contributed by atoms with van der Waals surface area (Å²) in [5.74, 6) is -0.0272. The monoisotopic (exact) mass is 458 g/mol. The average molecular weight is 459 g/mol. The van der Waals surface area contributed by atoms with E-state index in [-0.39, 0.29) is 5.91 Å². The number of rotatable bonds is 10. The van der Waals surface area contributed by atoms with Gasteiger partial charge in [-0.1, -0.05) is 86.9 Å². The Bertz CT molecular complexity index is 875. The fourth-order valence-electron chi connectivity index (χ4n) is 3.57. The van der Waals surface area contributed by atoms with Gasteiger partial charge in [-0.15, -0.1) is 6.58 Å². The summed E-state index contributed by atoms with van der Waals surface area (Å²) in [6.45, 7) is 9.56. The van der Waals surface area contributed by atoms with Gasteiger partial charge < -0.3 is 4.90 Å². The lowest BCUT2D eigenvalue weighted by atomic mass is 10.1. The molecule has 2 aliphatic heterocycles. The van der Waals surface area contributed by atoms with Crippen LogP contribution in [0, 0.1) is 6.92 Å². The van der Waals surface area contributed by atoms with Gasteiger partial charge in [0.1, 0.15) is 4.32 Å². The maximum absolute atomic E-state index is 12.6. The first-order valence-electron chi connectivity index (χ1n) is 10.7. The van der Waals surface area contributed by atoms with Crippen molar-refractivity contribution in [2.45, 2.75) is 57.3 Å². The highest BCUT2D eigenvalue weighted by Crippen LogP contribution is 2.46. The summed E-state index contributed by atoms with van der Waals surface area (Å²) in [7, 11) is 0. The van der Waals surface area contributed by atoms with E-state index in [1.54, 1.807) is 22.7 Å². The highest BCUT2D eigenvalue weighted by atomic mass is 32.2. The molecule has 6 heteroatoms. The Hall–Kier alpha value is -1.50. The van der Waals surface area contributed by atoms with Crippen LogP contribution in [0.2, 0.25) is 0 Å². The predicted octanol–water partition coefficient (Wildman–Crippen LogP) is 7.04. The van der Waals surface area contributed by atoms with Crippen LogP contribution in [-0.4, -0.2) is 28.2 Å². The van der Waals surface area contributed by atoms with Crippen LogP contribution in [0.25, 0.3) is 0 Å². The first-order chi connectivity index (χ1) is 14.5. The predicted molar refractivity (Wildman–Crippen MR) is 136 cm³/mol. The molecule has 2 heterocycles. The average Bonchev–Trinajstić information content (AvgIpc) is 3.20. The molecule has 0 unspecified atom stereocenters. The highest BCUT2D eigenvalue weighted by Gasteiger charge is 2.31. The summed E-state index contributed by atoms with van der Waals surface area (Å²) in [5, 5.41) is 1.18. The van der Waals surface area contributed by atoms with Gasteiger partial charge in [0.2, 0.25) is 0 Å². The second-order valence-electron chi connectivity index (χ2n) is 7.60. The molecule has 1 saturated heterocycles. The van der Waals surface area contributed by atoms with Crippen LogP contribution in [-0.2, 0) is 4.79 Å². The van der Waals surface area contributed by atoms with Crippen molar-refractivity contribution in [3.63, 3.8) is 0 Å². The zero-order valence-electron chi connectivity index (χ0n) is 17.9. The molecule has 1 aromatic rings. The molecule has 0 atom stereocenters. The Morgan fingerprint density at radius 3 is 2.60 bits per heavy atom. The Balaban J connectivity index is 1.74. The zero-order valence-corrected chi connectivity index (χ0v) is 20.3.